The van der Waals surface area contributed by atoms with Gasteiger partial charge in [0.25, 0.3) is 23.8 Å². The molecule has 0 atom stereocenters. The van der Waals surface area contributed by atoms with Crippen LogP contribution >= 0.6 is 0 Å². The van der Waals surface area contributed by atoms with Crippen LogP contribution in [0.3, 0.4) is 0 Å². The predicted octanol–water partition coefficient (Wildman–Crippen LogP) is 1.99. The van der Waals surface area contributed by atoms with Gasteiger partial charge in [0, 0.05) is 0 Å². The van der Waals surface area contributed by atoms with E-state index in [1.807, 2.05) is 27.7 Å². The Kier molecular flexibility index (Phi) is 3.12. The Balaban J connectivity index is 1.70. The first-order valence-electron chi connectivity index (χ1n) is 8.37. The maximum atomic E-state index is 4.41. The summed E-state index contributed by atoms with van der Waals surface area (Å²) in [6.07, 6.45) is 0. The summed E-state index contributed by atoms with van der Waals surface area (Å²) in [5.74, 6) is 2.52. The van der Waals surface area contributed by atoms with E-state index in [0.717, 1.165) is 0 Å². The van der Waals surface area contributed by atoms with E-state index in [9.17, 15) is 0 Å². The number of H-pyrrole nitrogens is 2. The number of azo groups is 2. The van der Waals surface area contributed by atoms with Crippen LogP contribution in [-0.4, -0.2) is 54.0 Å². The van der Waals surface area contributed by atoms with Crippen molar-refractivity contribution in [1.29, 1.82) is 0 Å². The summed E-state index contributed by atoms with van der Waals surface area (Å²) in [6.45, 7) is 7.53. The zero-order valence-corrected chi connectivity index (χ0v) is 15.4. The van der Waals surface area contributed by atoms with Crippen molar-refractivity contribution in [2.45, 2.75) is 33.1 Å². The average molecular weight is 378 g/mol. The molecule has 0 fully saturated rings. The van der Waals surface area contributed by atoms with Crippen LogP contribution in [0, 0.1) is 5.41 Å². The summed E-state index contributed by atoms with van der Waals surface area (Å²) in [7, 11) is 0. The Hall–Kier alpha value is -3.84. The largest absolute Gasteiger partial charge is 0.274 e. The number of nitrogens with zero attached hydrogens (tertiary/aromatic N) is 12. The van der Waals surface area contributed by atoms with Crippen molar-refractivity contribution in [3.05, 3.63) is 11.6 Å². The molecule has 3 aliphatic heterocycles. The highest BCUT2D eigenvalue weighted by atomic mass is 15.4. The Morgan fingerprint density at radius 1 is 0.571 bits per heavy atom. The highest BCUT2D eigenvalue weighted by molar-refractivity contribution is 6.18. The van der Waals surface area contributed by atoms with Gasteiger partial charge in [0.1, 0.15) is 11.6 Å². The van der Waals surface area contributed by atoms with Gasteiger partial charge in [-0.3, -0.25) is 10.2 Å². The second-order valence-electron chi connectivity index (χ2n) is 7.31. The van der Waals surface area contributed by atoms with Crippen molar-refractivity contribution in [1.82, 2.24) is 30.4 Å². The summed E-state index contributed by atoms with van der Waals surface area (Å²) in [5.41, 5.74) is -1.41. The van der Waals surface area contributed by atoms with E-state index in [1.54, 1.807) is 0 Å². The summed E-state index contributed by atoms with van der Waals surface area (Å²) >= 11 is 0. The molecule has 0 aromatic carbocycles. The fourth-order valence-corrected chi connectivity index (χ4v) is 2.64. The molecule has 8 bridgehead atoms. The first-order chi connectivity index (χ1) is 13.3. The Morgan fingerprint density at radius 2 is 1.04 bits per heavy atom. The summed E-state index contributed by atoms with van der Waals surface area (Å²) in [4.78, 5) is 26.0. The molecular weight excluding hydrogens is 364 g/mol. The minimum atomic E-state index is -0.755. The number of guanidine groups is 2. The van der Waals surface area contributed by atoms with Crippen LogP contribution < -0.4 is 0 Å². The van der Waals surface area contributed by atoms with Crippen LogP contribution in [0.15, 0.2) is 40.4 Å². The number of rotatable bonds is 0. The molecule has 2 N–H and O–H groups in total. The number of aliphatic imine (C=N–C) groups is 4. The fraction of sp³-hybridized carbons (Fsp3) is 0.429. The van der Waals surface area contributed by atoms with E-state index in [1.165, 1.54) is 0 Å². The third-order valence-electron chi connectivity index (χ3n) is 4.53. The molecule has 140 valence electrons. The maximum Gasteiger partial charge on any atom is 0.274 e. The van der Waals surface area contributed by atoms with Gasteiger partial charge in [-0.05, 0) is 27.7 Å². The van der Waals surface area contributed by atoms with Crippen LogP contribution in [0.2, 0.25) is 0 Å². The fourth-order valence-electron chi connectivity index (χ4n) is 2.64. The maximum absolute atomic E-state index is 4.41. The lowest BCUT2D eigenvalue weighted by Gasteiger charge is -2.17. The van der Waals surface area contributed by atoms with E-state index in [2.05, 4.69) is 70.8 Å². The van der Waals surface area contributed by atoms with E-state index in [4.69, 9.17) is 0 Å². The Bertz CT molecular complexity index is 1080. The van der Waals surface area contributed by atoms with Crippen molar-refractivity contribution < 1.29 is 0 Å². The number of aromatic amines is 2. The molecule has 0 saturated heterocycles. The molecule has 0 saturated carbocycles. The van der Waals surface area contributed by atoms with E-state index < -0.39 is 10.8 Å². The SMILES string of the molecule is CC1(C)C2=NC(=Nc3n[nH]c(n3)C(C)(C)c3nc(n[nH]3)/N=C3/N=NC1=N3)N=N2. The summed E-state index contributed by atoms with van der Waals surface area (Å²) in [5, 5.41) is 30.2. The molecule has 5 rings (SSSR count). The van der Waals surface area contributed by atoms with Gasteiger partial charge in [-0.2, -0.15) is 29.9 Å². The van der Waals surface area contributed by atoms with Crippen molar-refractivity contribution in [3.8, 4) is 0 Å². The number of hydrogen-bond acceptors (Lipinski definition) is 12. The molecule has 14 nitrogen and oxygen atoms in total. The number of amidine groups is 2. The standard InChI is InChI=1S/C14H14N14/c1-13(2)5-15-9(25-21-5)19-11-17-7(23-27-11)14(3,4)8-18-12(28-24-8)20-10-16-6(13)22-26-10/h1-4H3,(H,15,21,25)(H,16,22,26)/b19-11+,20-12?. The van der Waals surface area contributed by atoms with Crippen molar-refractivity contribution >= 4 is 35.5 Å². The topological polar surface area (TPSA) is 182 Å². The molecule has 0 radical (unpaired) electrons. The van der Waals surface area contributed by atoms with Gasteiger partial charge >= 0.3 is 0 Å². The van der Waals surface area contributed by atoms with E-state index >= 15 is 0 Å². The normalized spacial score (nSPS) is 23.1. The van der Waals surface area contributed by atoms with Gasteiger partial charge in [-0.25, -0.2) is 0 Å². The van der Waals surface area contributed by atoms with Crippen LogP contribution in [0.1, 0.15) is 39.3 Å². The van der Waals surface area contributed by atoms with E-state index in [-0.39, 0.29) is 23.8 Å². The predicted molar refractivity (Wildman–Crippen MR) is 97.4 cm³/mol. The lowest BCUT2D eigenvalue weighted by atomic mass is 9.90. The minimum absolute atomic E-state index is 0.143. The molecule has 2 aromatic rings. The van der Waals surface area contributed by atoms with Crippen molar-refractivity contribution in [2.75, 3.05) is 0 Å². The van der Waals surface area contributed by atoms with Crippen LogP contribution in [-0.2, 0) is 5.41 Å². The molecular formula is C14H14N14. The molecule has 0 amide bonds. The molecule has 0 unspecified atom stereocenters. The smallest absolute Gasteiger partial charge is 0.260 e. The van der Waals surface area contributed by atoms with Crippen LogP contribution in [0.4, 0.5) is 11.9 Å². The number of hydrogen-bond donors (Lipinski definition) is 2. The molecule has 28 heavy (non-hydrogen) atoms. The van der Waals surface area contributed by atoms with E-state index in [0.29, 0.717) is 23.3 Å². The minimum Gasteiger partial charge on any atom is -0.260 e. The second kappa shape index (κ2) is 5.34. The van der Waals surface area contributed by atoms with Gasteiger partial charge in [0.2, 0.25) is 0 Å². The third kappa shape index (κ3) is 2.41. The molecule has 0 aliphatic carbocycles. The highest BCUT2D eigenvalue weighted by Crippen LogP contribution is 2.30. The molecule has 3 aliphatic rings. The lowest BCUT2D eigenvalue weighted by Crippen LogP contribution is -2.30. The molecule has 5 heterocycles. The number of aromatic nitrogens is 6. The monoisotopic (exact) mass is 378 g/mol. The number of nitrogens with one attached hydrogen (secondary N) is 2. The molecule has 14 heteroatoms. The second-order valence-corrected chi connectivity index (χ2v) is 7.31. The van der Waals surface area contributed by atoms with Gasteiger partial charge < -0.3 is 0 Å². The molecule has 0 spiro atoms. The van der Waals surface area contributed by atoms with Crippen LogP contribution in [0.5, 0.6) is 0 Å². The highest BCUT2D eigenvalue weighted by Gasteiger charge is 2.37. The van der Waals surface area contributed by atoms with Gasteiger partial charge in [-0.1, -0.05) is 0 Å². The zero-order chi connectivity index (χ0) is 19.5. The van der Waals surface area contributed by atoms with Crippen molar-refractivity contribution in [2.24, 2.45) is 45.8 Å². The van der Waals surface area contributed by atoms with Gasteiger partial charge in [0.15, 0.2) is 11.7 Å². The lowest BCUT2D eigenvalue weighted by molar-refractivity contribution is 0.554. The quantitative estimate of drug-likeness (QED) is 0.711. The van der Waals surface area contributed by atoms with Gasteiger partial charge in [0.05, 0.1) is 10.8 Å². The molecule has 2 aromatic heterocycles. The van der Waals surface area contributed by atoms with Crippen molar-refractivity contribution in [3.63, 3.8) is 0 Å². The summed E-state index contributed by atoms with van der Waals surface area (Å²) < 4.78 is 0. The Morgan fingerprint density at radius 3 is 1.50 bits per heavy atom. The zero-order valence-electron chi connectivity index (χ0n) is 15.4. The Labute approximate surface area is 157 Å². The van der Waals surface area contributed by atoms with Gasteiger partial charge in [-0.15, -0.1) is 30.7 Å². The summed E-state index contributed by atoms with van der Waals surface area (Å²) in [6, 6.07) is 0. The third-order valence-corrected chi connectivity index (χ3v) is 4.53. The number of fused-ring (bicyclic) bond motifs is 6. The first-order valence-corrected chi connectivity index (χ1v) is 8.37. The first kappa shape index (κ1) is 16.3. The average Bonchev–Trinajstić information content (AvgIpc) is 3.42. The van der Waals surface area contributed by atoms with Crippen LogP contribution in [0.25, 0.3) is 0 Å².